The maximum absolute atomic E-state index is 13.8. The summed E-state index contributed by atoms with van der Waals surface area (Å²) in [4.78, 5) is 8.27. The summed E-state index contributed by atoms with van der Waals surface area (Å²) in [6.45, 7) is 0. The van der Waals surface area contributed by atoms with Crippen LogP contribution < -0.4 is 21.6 Å². The number of benzene rings is 2. The number of hydrogen-bond acceptors (Lipinski definition) is 9. The molecular weight excluding hydrogens is 552 g/mol. The molecule has 12 heteroatoms. The molecule has 2 aromatic heterocycles. The molecule has 2 radical (unpaired) electrons. The van der Waals surface area contributed by atoms with E-state index in [1.807, 2.05) is 41.5 Å². The molecule has 0 amide bonds. The van der Waals surface area contributed by atoms with Gasteiger partial charge in [-0.1, -0.05) is 48.0 Å². The van der Waals surface area contributed by atoms with Gasteiger partial charge in [-0.25, -0.2) is 4.98 Å². The van der Waals surface area contributed by atoms with Crippen molar-refractivity contribution in [1.82, 2.24) is 25.9 Å². The van der Waals surface area contributed by atoms with Crippen molar-refractivity contribution in [2.24, 2.45) is 0 Å². The first-order valence-corrected chi connectivity index (χ1v) is 13.7. The molecule has 0 bridgehead atoms. The van der Waals surface area contributed by atoms with Gasteiger partial charge in [0.25, 0.3) is 0 Å². The normalized spacial score (nSPS) is 16.5. The fourth-order valence-corrected chi connectivity index (χ4v) is 5.25. The quantitative estimate of drug-likeness (QED) is 0.159. The minimum Gasteiger partial charge on any atom is -0.378 e. The van der Waals surface area contributed by atoms with Crippen LogP contribution in [0.25, 0.3) is 10.9 Å². The Bertz CT molecular complexity index is 1750. The van der Waals surface area contributed by atoms with Gasteiger partial charge in [0.2, 0.25) is 5.95 Å². The van der Waals surface area contributed by atoms with Gasteiger partial charge in [-0.05, 0) is 42.2 Å². The zero-order valence-corrected chi connectivity index (χ0v) is 23.0. The van der Waals surface area contributed by atoms with Crippen LogP contribution >= 0.6 is 11.6 Å². The van der Waals surface area contributed by atoms with Gasteiger partial charge in [0.1, 0.15) is 13.9 Å². The Kier molecular flexibility index (Phi) is 7.30. The molecule has 1 saturated carbocycles. The number of halogens is 2. The number of fused-ring (bicyclic) bond motifs is 1. The van der Waals surface area contributed by atoms with E-state index in [1.54, 1.807) is 18.2 Å². The first kappa shape index (κ1) is 27.3. The van der Waals surface area contributed by atoms with Crippen LogP contribution in [0, 0.1) is 28.6 Å². The van der Waals surface area contributed by atoms with Gasteiger partial charge in [-0.2, -0.15) is 14.9 Å². The number of hydrogen-bond donors (Lipinski definition) is 4. The maximum atomic E-state index is 13.8. The number of rotatable bonds is 9. The monoisotopic (exact) mass is 575 g/mol. The van der Waals surface area contributed by atoms with Crippen LogP contribution in [0.15, 0.2) is 78.9 Å². The molecule has 1 aliphatic carbocycles. The van der Waals surface area contributed by atoms with E-state index in [-0.39, 0.29) is 6.42 Å². The fraction of sp³-hybridized carbons (Fsp3) is 0.200. The van der Waals surface area contributed by atoms with E-state index in [0.29, 0.717) is 50.2 Å². The molecule has 9 nitrogen and oxygen atoms in total. The van der Waals surface area contributed by atoms with Crippen molar-refractivity contribution in [3.8, 4) is 12.1 Å². The minimum absolute atomic E-state index is 0.165. The van der Waals surface area contributed by atoms with E-state index in [4.69, 9.17) is 19.4 Å². The van der Waals surface area contributed by atoms with Crippen molar-refractivity contribution < 1.29 is 4.39 Å². The third kappa shape index (κ3) is 5.28. The molecule has 0 spiro atoms. The first-order valence-electron chi connectivity index (χ1n) is 13.3. The van der Waals surface area contributed by atoms with Crippen molar-refractivity contribution in [2.75, 3.05) is 10.6 Å². The zero-order valence-electron chi connectivity index (χ0n) is 22.3. The van der Waals surface area contributed by atoms with Gasteiger partial charge in [0.05, 0.1) is 51.5 Å². The van der Waals surface area contributed by atoms with E-state index in [1.165, 1.54) is 18.5 Å². The van der Waals surface area contributed by atoms with Crippen molar-refractivity contribution >= 4 is 41.7 Å². The minimum atomic E-state index is -1.38. The number of nitrogens with zero attached hydrogens (tertiary/aromatic N) is 5. The van der Waals surface area contributed by atoms with Crippen molar-refractivity contribution in [2.45, 2.75) is 36.8 Å². The number of nitrogens with one attached hydrogen (secondary N) is 4. The predicted octanol–water partition coefficient (Wildman–Crippen LogP) is 5.12. The Hall–Kier alpha value is -4.84. The Morgan fingerprint density at radius 1 is 1.14 bits per heavy atom. The highest BCUT2D eigenvalue weighted by atomic mass is 35.5. The summed E-state index contributed by atoms with van der Waals surface area (Å²) in [6, 6.07) is 20.2. The summed E-state index contributed by atoms with van der Waals surface area (Å²) >= 11 is 6.75. The molecule has 4 aromatic rings. The molecule has 42 heavy (non-hydrogen) atoms. The van der Waals surface area contributed by atoms with Gasteiger partial charge in [-0.15, -0.1) is 5.53 Å². The van der Waals surface area contributed by atoms with Crippen molar-refractivity contribution in [1.29, 1.82) is 10.5 Å². The summed E-state index contributed by atoms with van der Waals surface area (Å²) in [5, 5.41) is 29.1. The standard InChI is InChI=1S/C30H24BClFN9/c31-30(20-6-9-27(33)36-16-20,26-17-42(41-40-26)22-7-8-22)39-21-12-23-28(19(14-35)15-37-29(23)24(32)13-21)38-25(10-11-34)18-4-2-1-3-5-18/h1-6,9,12-13,15-17,22,25,39-41H,7-8,10H2,(H,37,38)/t25-,30?/m1/s1. The molecular formula is C30H24BClFN9. The molecule has 2 aliphatic rings. The van der Waals surface area contributed by atoms with E-state index < -0.39 is 17.4 Å². The second-order valence-corrected chi connectivity index (χ2v) is 10.6. The lowest BCUT2D eigenvalue weighted by molar-refractivity contribution is 0.260. The van der Waals surface area contributed by atoms with Crippen LogP contribution in [0.1, 0.15) is 42.0 Å². The molecule has 1 fully saturated rings. The number of aromatic nitrogens is 2. The molecule has 6 rings (SSSR count). The second-order valence-electron chi connectivity index (χ2n) is 10.2. The SMILES string of the molecule is [B]C(Nc1cc(Cl)c2ncc(C#N)c(N[C@H](CC#N)c3ccccc3)c2c1)(C1=CN(C2CC2)NN1)c1ccc(F)nc1. The molecule has 1 aliphatic heterocycles. The van der Waals surface area contributed by atoms with Gasteiger partial charge >= 0.3 is 0 Å². The Morgan fingerprint density at radius 3 is 2.64 bits per heavy atom. The number of hydrazine groups is 2. The Balaban J connectivity index is 1.45. The highest BCUT2D eigenvalue weighted by Gasteiger charge is 2.38. The van der Waals surface area contributed by atoms with Crippen LogP contribution in [0.2, 0.25) is 5.02 Å². The number of pyridine rings is 2. The van der Waals surface area contributed by atoms with Crippen LogP contribution in [0.4, 0.5) is 15.8 Å². The molecule has 2 atom stereocenters. The van der Waals surface area contributed by atoms with Crippen molar-refractivity contribution in [3.05, 3.63) is 107 Å². The molecule has 2 aromatic carbocycles. The average molecular weight is 576 g/mol. The summed E-state index contributed by atoms with van der Waals surface area (Å²) in [5.41, 5.74) is 8.63. The van der Waals surface area contributed by atoms with Gasteiger partial charge in [0.15, 0.2) is 0 Å². The third-order valence-electron chi connectivity index (χ3n) is 7.34. The van der Waals surface area contributed by atoms with Crippen LogP contribution in [0.5, 0.6) is 0 Å². The molecule has 206 valence electrons. The Morgan fingerprint density at radius 2 is 1.95 bits per heavy atom. The van der Waals surface area contributed by atoms with E-state index in [0.717, 1.165) is 18.4 Å². The fourth-order valence-electron chi connectivity index (χ4n) is 4.99. The lowest BCUT2D eigenvalue weighted by atomic mass is 9.70. The summed E-state index contributed by atoms with van der Waals surface area (Å²) < 4.78 is 13.8. The van der Waals surface area contributed by atoms with Crippen LogP contribution in [0.3, 0.4) is 0 Å². The molecule has 1 unspecified atom stereocenters. The maximum Gasteiger partial charge on any atom is 0.212 e. The van der Waals surface area contributed by atoms with Gasteiger partial charge < -0.3 is 16.1 Å². The highest BCUT2D eigenvalue weighted by molar-refractivity contribution is 6.36. The molecule has 0 saturated heterocycles. The topological polar surface area (TPSA) is 125 Å². The smallest absolute Gasteiger partial charge is 0.212 e. The van der Waals surface area contributed by atoms with E-state index >= 15 is 0 Å². The highest BCUT2D eigenvalue weighted by Crippen LogP contribution is 2.39. The van der Waals surface area contributed by atoms with E-state index in [2.05, 4.69) is 43.7 Å². The number of anilines is 2. The lowest BCUT2D eigenvalue weighted by Gasteiger charge is -2.34. The van der Waals surface area contributed by atoms with Gasteiger partial charge in [-0.3, -0.25) is 9.99 Å². The summed E-state index contributed by atoms with van der Waals surface area (Å²) in [6.07, 6.45) is 7.00. The van der Waals surface area contributed by atoms with E-state index in [9.17, 15) is 14.9 Å². The Labute approximate surface area is 248 Å². The second kappa shape index (κ2) is 11.2. The lowest BCUT2D eigenvalue weighted by Crippen LogP contribution is -2.45. The largest absolute Gasteiger partial charge is 0.378 e. The van der Waals surface area contributed by atoms with Crippen LogP contribution in [-0.2, 0) is 5.44 Å². The molecule has 4 N–H and O–H groups in total. The zero-order chi connectivity index (χ0) is 29.3. The van der Waals surface area contributed by atoms with Crippen molar-refractivity contribution in [3.63, 3.8) is 0 Å². The van der Waals surface area contributed by atoms with Crippen LogP contribution in [-0.4, -0.2) is 28.9 Å². The molecule has 3 heterocycles. The average Bonchev–Trinajstić information content (AvgIpc) is 3.73. The summed E-state index contributed by atoms with van der Waals surface area (Å²) in [5.74, 6) is -0.628. The van der Waals surface area contributed by atoms with Gasteiger partial charge in [0, 0.05) is 35.7 Å². The third-order valence-corrected chi connectivity index (χ3v) is 7.63. The predicted molar refractivity (Wildman–Crippen MR) is 159 cm³/mol. The summed E-state index contributed by atoms with van der Waals surface area (Å²) in [7, 11) is 7.04. The number of nitriles is 2. The first-order chi connectivity index (χ1) is 20.4.